The van der Waals surface area contributed by atoms with Crippen molar-refractivity contribution < 1.29 is 17.9 Å². The first-order valence-corrected chi connectivity index (χ1v) is 14.5. The zero-order chi connectivity index (χ0) is 32.5. The Morgan fingerprint density at radius 1 is 0.791 bits per heavy atom. The van der Waals surface area contributed by atoms with Crippen molar-refractivity contribution in [2.75, 3.05) is 13.7 Å². The quantitative estimate of drug-likeness (QED) is 0.0666. The molecule has 0 bridgehead atoms. The molecule has 1 unspecified atom stereocenters. The van der Waals surface area contributed by atoms with Crippen molar-refractivity contribution in [1.82, 2.24) is 10.6 Å². The maximum Gasteiger partial charge on any atom is 0.393 e. The van der Waals surface area contributed by atoms with Crippen LogP contribution >= 0.6 is 25.3 Å². The number of nitrogens with zero attached hydrogens (tertiary/aromatic N) is 4. The molecule has 1 atom stereocenters. The van der Waals surface area contributed by atoms with Crippen molar-refractivity contribution in [3.63, 3.8) is 0 Å². The summed E-state index contributed by atoms with van der Waals surface area (Å²) < 4.78 is 44.8. The number of thiol groups is 2. The highest BCUT2D eigenvalue weighted by atomic mass is 32.1. The molecule has 0 saturated carbocycles. The first-order chi connectivity index (χ1) is 19.8. The molecule has 0 heterocycles. The normalized spacial score (nSPS) is 15.7. The van der Waals surface area contributed by atoms with Gasteiger partial charge in [0.05, 0.1) is 13.0 Å². The highest BCUT2D eigenvalue weighted by Crippen LogP contribution is 2.29. The number of benzene rings is 2. The Morgan fingerprint density at radius 2 is 1.30 bits per heavy atom. The van der Waals surface area contributed by atoms with Crippen molar-refractivity contribution in [2.45, 2.75) is 71.8 Å². The molecule has 8 nitrogen and oxygen atoms in total. The highest BCUT2D eigenvalue weighted by molar-refractivity contribution is 7.97. The number of hydrogen-bond acceptors (Lipinski definition) is 6. The van der Waals surface area contributed by atoms with E-state index in [0.717, 1.165) is 0 Å². The molecule has 2 aromatic rings. The summed E-state index contributed by atoms with van der Waals surface area (Å²) in [6.07, 6.45) is -4.77. The maximum atomic E-state index is 12.9. The van der Waals surface area contributed by atoms with Crippen LogP contribution in [-0.4, -0.2) is 52.9 Å². The molecule has 13 heteroatoms. The van der Waals surface area contributed by atoms with E-state index >= 15 is 0 Å². The fourth-order valence-electron chi connectivity index (χ4n) is 3.46. The Kier molecular flexibility index (Phi) is 12.9. The molecule has 43 heavy (non-hydrogen) atoms. The lowest BCUT2D eigenvalue weighted by molar-refractivity contribution is -0.127. The summed E-state index contributed by atoms with van der Waals surface area (Å²) in [6, 6.07) is 15.0. The van der Waals surface area contributed by atoms with E-state index < -0.39 is 23.9 Å². The zero-order valence-corrected chi connectivity index (χ0v) is 27.4. The van der Waals surface area contributed by atoms with Gasteiger partial charge in [-0.3, -0.25) is 0 Å². The van der Waals surface area contributed by atoms with Crippen LogP contribution in [0.25, 0.3) is 0 Å². The fraction of sp³-hybridized carbons (Fsp3) is 0.467. The van der Waals surface area contributed by atoms with Crippen LogP contribution in [0.5, 0.6) is 0 Å². The van der Waals surface area contributed by atoms with Crippen LogP contribution in [0.1, 0.15) is 64.7 Å². The van der Waals surface area contributed by atoms with Crippen LogP contribution in [0.3, 0.4) is 0 Å². The molecule has 236 valence electrons. The minimum absolute atomic E-state index is 0.117. The van der Waals surface area contributed by atoms with E-state index in [0.29, 0.717) is 29.9 Å². The molecule has 0 spiro atoms. The third kappa shape index (κ3) is 12.3. The average molecular weight is 638 g/mol. The van der Waals surface area contributed by atoms with Crippen molar-refractivity contribution in [3.05, 3.63) is 71.3 Å². The van der Waals surface area contributed by atoms with E-state index in [1.54, 1.807) is 19.2 Å². The minimum atomic E-state index is -4.33. The van der Waals surface area contributed by atoms with E-state index in [-0.39, 0.29) is 27.0 Å². The van der Waals surface area contributed by atoms with Gasteiger partial charge < -0.3 is 21.1 Å². The summed E-state index contributed by atoms with van der Waals surface area (Å²) in [5.41, 5.74) is 6.68. The van der Waals surface area contributed by atoms with Crippen LogP contribution in [0.4, 0.5) is 13.2 Å². The third-order valence-electron chi connectivity index (χ3n) is 6.68. The van der Waals surface area contributed by atoms with Gasteiger partial charge in [-0.2, -0.15) is 13.2 Å². The van der Waals surface area contributed by atoms with Gasteiger partial charge in [0, 0.05) is 29.1 Å². The monoisotopic (exact) mass is 637 g/mol. The predicted molar refractivity (Wildman–Crippen MR) is 177 cm³/mol. The number of alkyl halides is 3. The maximum absolute atomic E-state index is 12.9. The summed E-state index contributed by atoms with van der Waals surface area (Å²) in [7, 11) is 1.63. The molecule has 0 amide bonds. The van der Waals surface area contributed by atoms with Crippen LogP contribution < -0.4 is 16.4 Å². The number of rotatable bonds is 11. The largest absolute Gasteiger partial charge is 0.393 e. The number of nitrogens with two attached hydrogens (primary N) is 1. The van der Waals surface area contributed by atoms with Gasteiger partial charge in [-0.1, -0.05) is 75.4 Å². The second-order valence-corrected chi connectivity index (χ2v) is 12.7. The lowest BCUT2D eigenvalue weighted by Crippen LogP contribution is -2.52. The van der Waals surface area contributed by atoms with E-state index in [1.165, 1.54) is 12.1 Å². The lowest BCUT2D eigenvalue weighted by Gasteiger charge is -2.39. The van der Waals surface area contributed by atoms with Gasteiger partial charge in [0.15, 0.2) is 10.3 Å². The summed E-state index contributed by atoms with van der Waals surface area (Å²) in [5, 5.41) is 23.7. The molecule has 0 aliphatic rings. The Balaban J connectivity index is 2.45. The molecule has 0 aliphatic carbocycles. The molecule has 0 saturated heterocycles. The number of ether oxygens (including phenoxy) is 1. The number of nitrogens with one attached hydrogen (secondary N) is 2. The summed E-state index contributed by atoms with van der Waals surface area (Å²) in [5.74, 6) is 0. The van der Waals surface area contributed by atoms with Crippen LogP contribution in [0.15, 0.2) is 75.0 Å². The fourth-order valence-corrected chi connectivity index (χ4v) is 3.85. The Morgan fingerprint density at radius 3 is 1.79 bits per heavy atom. The second kappa shape index (κ2) is 15.2. The molecule has 0 radical (unpaired) electrons. The van der Waals surface area contributed by atoms with E-state index in [4.69, 9.17) is 10.5 Å². The van der Waals surface area contributed by atoms with Crippen molar-refractivity contribution in [3.8, 4) is 0 Å². The molecule has 4 N–H and O–H groups in total. The highest BCUT2D eigenvalue weighted by Gasteiger charge is 2.35. The van der Waals surface area contributed by atoms with Gasteiger partial charge in [-0.05, 0) is 32.8 Å². The Labute approximate surface area is 263 Å². The molecule has 0 fully saturated rings. The predicted octanol–water partition coefficient (Wildman–Crippen LogP) is 6.19. The molecule has 2 rings (SSSR count). The van der Waals surface area contributed by atoms with Gasteiger partial charge in [-0.15, -0.1) is 45.7 Å². The number of amidine groups is 2. The molecule has 0 aliphatic heterocycles. The topological polar surface area (TPSA) is 109 Å². The average Bonchev–Trinajstić information content (AvgIpc) is 2.89. The third-order valence-corrected chi connectivity index (χ3v) is 7.20. The van der Waals surface area contributed by atoms with Gasteiger partial charge in [0.2, 0.25) is 0 Å². The molecule has 2 aromatic carbocycles. The summed E-state index contributed by atoms with van der Waals surface area (Å²) in [6.45, 7) is 12.3. The van der Waals surface area contributed by atoms with E-state index in [9.17, 15) is 13.2 Å². The van der Waals surface area contributed by atoms with Crippen LogP contribution in [0.2, 0.25) is 0 Å². The van der Waals surface area contributed by atoms with Gasteiger partial charge >= 0.3 is 6.18 Å². The smallest absolute Gasteiger partial charge is 0.366 e. The van der Waals surface area contributed by atoms with Crippen LogP contribution in [0, 0.1) is 5.41 Å². The summed E-state index contributed by atoms with van der Waals surface area (Å²) >= 11 is 8.74. The van der Waals surface area contributed by atoms with Crippen molar-refractivity contribution in [2.24, 2.45) is 31.6 Å². The molecule has 0 aromatic heterocycles. The Bertz CT molecular complexity index is 1320. The zero-order valence-electron chi connectivity index (χ0n) is 25.6. The van der Waals surface area contributed by atoms with Crippen LogP contribution in [-0.2, 0) is 11.2 Å². The Hall–Kier alpha value is -2.87. The first kappa shape index (κ1) is 36.3. The second-order valence-electron chi connectivity index (χ2n) is 11.8. The van der Waals surface area contributed by atoms with Crippen molar-refractivity contribution in [1.29, 1.82) is 0 Å². The van der Waals surface area contributed by atoms with E-state index in [1.807, 2.05) is 71.9 Å². The molecular weight excluding hydrogens is 596 g/mol. The van der Waals surface area contributed by atoms with Gasteiger partial charge in [0.1, 0.15) is 17.1 Å². The first-order valence-electron chi connectivity index (χ1n) is 13.6. The number of hydrogen-bond donors (Lipinski definition) is 5. The number of halogens is 3. The van der Waals surface area contributed by atoms with Gasteiger partial charge in [-0.25, -0.2) is 0 Å². The minimum Gasteiger partial charge on any atom is -0.366 e. The SMILES string of the molecule is CN/C(S)=N/N=C(/C(=N/N=C(\S)NC(C)(C)CCOC(C)(N)C(C)(C)C)c1ccccc1)c1ccc(CC(F)(F)F)cc1. The van der Waals surface area contributed by atoms with Crippen molar-refractivity contribution >= 4 is 47.0 Å². The van der Waals surface area contributed by atoms with E-state index in [2.05, 4.69) is 56.3 Å². The van der Waals surface area contributed by atoms with Gasteiger partial charge in [0.25, 0.3) is 0 Å². The molecular formula is C30H42F3N7OS2. The lowest BCUT2D eigenvalue weighted by atomic mass is 9.85. The summed E-state index contributed by atoms with van der Waals surface area (Å²) in [4.78, 5) is 0. The standard InChI is InChI=1S/C30H42F3N7OS2/c1-27(2,3)29(6,34)41-18-17-28(4,5)36-26(43)40-38-23(21-11-9-8-10-12-21)24(37-39-25(42)35-7)22-15-13-20(14-16-22)19-30(31,32)33/h8-16H,17-19,34H2,1-7H3,(H2,35,39,42)(H2,36,40,43)/b37-24+,38-23+.